The highest BCUT2D eigenvalue weighted by atomic mass is 32.2. The molecule has 108 valence electrons. The zero-order chi connectivity index (χ0) is 13.9. The van der Waals surface area contributed by atoms with Gasteiger partial charge in [-0.05, 0) is 37.8 Å². The molecule has 1 aliphatic carbocycles. The number of nitrogens with one attached hydrogen (secondary N) is 1. The normalized spacial score (nSPS) is 20.1. The van der Waals surface area contributed by atoms with Gasteiger partial charge in [-0.25, -0.2) is 0 Å². The third kappa shape index (κ3) is 2.86. The molecular formula is C16H22N2OS. The van der Waals surface area contributed by atoms with Crippen molar-refractivity contribution in [2.24, 2.45) is 5.92 Å². The lowest BCUT2D eigenvalue weighted by molar-refractivity contribution is -0.118. The molecule has 0 aromatic heterocycles. The molecule has 1 aromatic carbocycles. The van der Waals surface area contributed by atoms with Crippen LogP contribution in [0, 0.1) is 5.92 Å². The number of amides is 1. The molecule has 1 amide bonds. The summed E-state index contributed by atoms with van der Waals surface area (Å²) >= 11 is 1.84. The zero-order valence-electron chi connectivity index (χ0n) is 12.0. The summed E-state index contributed by atoms with van der Waals surface area (Å²) in [5, 5.41) is 3.41. The minimum absolute atomic E-state index is 0.198. The van der Waals surface area contributed by atoms with Crippen molar-refractivity contribution in [1.29, 1.82) is 0 Å². The van der Waals surface area contributed by atoms with E-state index in [4.69, 9.17) is 0 Å². The first-order valence-corrected chi connectivity index (χ1v) is 8.50. The second-order valence-corrected chi connectivity index (χ2v) is 6.86. The summed E-state index contributed by atoms with van der Waals surface area (Å²) in [4.78, 5) is 15.6. The van der Waals surface area contributed by atoms with Gasteiger partial charge in [-0.3, -0.25) is 4.79 Å². The van der Waals surface area contributed by atoms with E-state index in [9.17, 15) is 4.79 Å². The summed E-state index contributed by atoms with van der Waals surface area (Å²) in [6.07, 6.45) is 3.97. The first-order chi connectivity index (χ1) is 9.75. The molecule has 0 saturated heterocycles. The number of fused-ring (bicyclic) bond motifs is 1. The summed E-state index contributed by atoms with van der Waals surface area (Å²) in [5.74, 6) is 1.96. The Morgan fingerprint density at radius 3 is 3.00 bits per heavy atom. The van der Waals surface area contributed by atoms with Gasteiger partial charge in [0.1, 0.15) is 0 Å². The smallest absolute Gasteiger partial charge is 0.241 e. The van der Waals surface area contributed by atoms with E-state index in [1.54, 1.807) is 0 Å². The summed E-state index contributed by atoms with van der Waals surface area (Å²) in [5.41, 5.74) is 1.08. The van der Waals surface area contributed by atoms with Gasteiger partial charge in [0, 0.05) is 23.2 Å². The number of para-hydroxylation sites is 1. The van der Waals surface area contributed by atoms with Gasteiger partial charge in [0.15, 0.2) is 0 Å². The van der Waals surface area contributed by atoms with Crippen molar-refractivity contribution in [3.63, 3.8) is 0 Å². The maximum absolute atomic E-state index is 12.4. The van der Waals surface area contributed by atoms with Gasteiger partial charge in [0.05, 0.1) is 12.2 Å². The number of carbonyl (C=O) groups is 1. The van der Waals surface area contributed by atoms with Crippen molar-refractivity contribution < 1.29 is 4.79 Å². The molecule has 0 bridgehead atoms. The van der Waals surface area contributed by atoms with Gasteiger partial charge < -0.3 is 10.2 Å². The highest BCUT2D eigenvalue weighted by Crippen LogP contribution is 2.34. The van der Waals surface area contributed by atoms with E-state index in [-0.39, 0.29) is 5.91 Å². The lowest BCUT2D eigenvalue weighted by Gasteiger charge is -2.33. The van der Waals surface area contributed by atoms with Crippen LogP contribution in [0.1, 0.15) is 26.2 Å². The monoisotopic (exact) mass is 290 g/mol. The van der Waals surface area contributed by atoms with E-state index in [0.717, 1.165) is 23.9 Å². The van der Waals surface area contributed by atoms with Crippen LogP contribution in [-0.4, -0.2) is 30.8 Å². The molecule has 1 aromatic rings. The third-order valence-corrected chi connectivity index (χ3v) is 5.50. The largest absolute Gasteiger partial charge is 0.309 e. The lowest BCUT2D eigenvalue weighted by atomic mass is 9.80. The number of hydrogen-bond acceptors (Lipinski definition) is 3. The van der Waals surface area contributed by atoms with Gasteiger partial charge in [0.2, 0.25) is 5.91 Å². The minimum atomic E-state index is 0.198. The lowest BCUT2D eigenvalue weighted by Crippen LogP contribution is -2.45. The number of rotatable bonds is 4. The molecule has 1 saturated carbocycles. The standard InChI is InChI=1S/C16H22N2OS/c1-12(13-5-4-6-13)17-11-16(19)18-9-10-20-15-8-3-2-7-14(15)18/h2-3,7-8,12-13,17H,4-6,9-11H2,1H3/t12-/m1/s1. The molecule has 1 fully saturated rings. The number of hydrogen-bond donors (Lipinski definition) is 1. The van der Waals surface area contributed by atoms with Crippen molar-refractivity contribution in [3.05, 3.63) is 24.3 Å². The van der Waals surface area contributed by atoms with Crippen LogP contribution >= 0.6 is 11.8 Å². The van der Waals surface area contributed by atoms with Crippen molar-refractivity contribution in [1.82, 2.24) is 5.32 Å². The summed E-state index contributed by atoms with van der Waals surface area (Å²) in [6.45, 7) is 3.48. The number of benzene rings is 1. The Hall–Kier alpha value is -1.00. The van der Waals surface area contributed by atoms with Crippen molar-refractivity contribution in [3.8, 4) is 0 Å². The Morgan fingerprint density at radius 2 is 2.25 bits per heavy atom. The van der Waals surface area contributed by atoms with Gasteiger partial charge >= 0.3 is 0 Å². The summed E-state index contributed by atoms with van der Waals surface area (Å²) in [7, 11) is 0. The number of thioether (sulfide) groups is 1. The van der Waals surface area contributed by atoms with E-state index in [2.05, 4.69) is 24.4 Å². The zero-order valence-corrected chi connectivity index (χ0v) is 12.8. The predicted molar refractivity (Wildman–Crippen MR) is 84.3 cm³/mol. The van der Waals surface area contributed by atoms with Crippen LogP contribution < -0.4 is 10.2 Å². The second-order valence-electron chi connectivity index (χ2n) is 5.72. The molecule has 0 radical (unpaired) electrons. The Balaban J connectivity index is 1.60. The van der Waals surface area contributed by atoms with Gasteiger partial charge in [-0.15, -0.1) is 11.8 Å². The maximum atomic E-state index is 12.4. The quantitative estimate of drug-likeness (QED) is 0.925. The van der Waals surface area contributed by atoms with Crippen molar-refractivity contribution >= 4 is 23.4 Å². The molecule has 1 aliphatic heterocycles. The second kappa shape index (κ2) is 6.19. The minimum Gasteiger partial charge on any atom is -0.309 e. The number of carbonyl (C=O) groups excluding carboxylic acids is 1. The van der Waals surface area contributed by atoms with Crippen molar-refractivity contribution in [2.45, 2.75) is 37.1 Å². The summed E-state index contributed by atoms with van der Waals surface area (Å²) in [6, 6.07) is 8.66. The van der Waals surface area contributed by atoms with Crippen LogP contribution in [-0.2, 0) is 4.79 Å². The van der Waals surface area contributed by atoms with Crippen LogP contribution in [0.4, 0.5) is 5.69 Å². The fourth-order valence-electron chi connectivity index (χ4n) is 2.88. The Kier molecular flexibility index (Phi) is 4.32. The van der Waals surface area contributed by atoms with E-state index in [0.29, 0.717) is 12.6 Å². The fourth-order valence-corrected chi connectivity index (χ4v) is 3.87. The molecule has 3 rings (SSSR count). The van der Waals surface area contributed by atoms with Crippen LogP contribution in [0.15, 0.2) is 29.2 Å². The topological polar surface area (TPSA) is 32.3 Å². The average Bonchev–Trinajstić information content (AvgIpc) is 2.42. The van der Waals surface area contributed by atoms with E-state index in [1.165, 1.54) is 24.2 Å². The molecule has 20 heavy (non-hydrogen) atoms. The fraction of sp³-hybridized carbons (Fsp3) is 0.562. The first-order valence-electron chi connectivity index (χ1n) is 7.51. The van der Waals surface area contributed by atoms with Crippen molar-refractivity contribution in [2.75, 3.05) is 23.7 Å². The molecule has 1 atom stereocenters. The third-order valence-electron chi connectivity index (χ3n) is 4.46. The average molecular weight is 290 g/mol. The highest BCUT2D eigenvalue weighted by Gasteiger charge is 2.26. The SMILES string of the molecule is C[C@@H](NCC(=O)N1CCSc2ccccc21)C1CCC1. The highest BCUT2D eigenvalue weighted by molar-refractivity contribution is 7.99. The van der Waals surface area contributed by atoms with Gasteiger partial charge in [0.25, 0.3) is 0 Å². The Morgan fingerprint density at radius 1 is 1.45 bits per heavy atom. The Labute approximate surface area is 125 Å². The van der Waals surface area contributed by atoms with Crippen LogP contribution in [0.2, 0.25) is 0 Å². The maximum Gasteiger partial charge on any atom is 0.241 e. The Bertz CT molecular complexity index is 487. The van der Waals surface area contributed by atoms with Crippen LogP contribution in [0.5, 0.6) is 0 Å². The molecule has 1 heterocycles. The van der Waals surface area contributed by atoms with E-state index >= 15 is 0 Å². The van der Waals surface area contributed by atoms with Gasteiger partial charge in [-0.2, -0.15) is 0 Å². The predicted octanol–water partition coefficient (Wildman–Crippen LogP) is 2.90. The molecule has 3 nitrogen and oxygen atoms in total. The van der Waals surface area contributed by atoms with Crippen LogP contribution in [0.25, 0.3) is 0 Å². The molecular weight excluding hydrogens is 268 g/mol. The molecule has 4 heteroatoms. The number of anilines is 1. The van der Waals surface area contributed by atoms with Crippen LogP contribution in [0.3, 0.4) is 0 Å². The van der Waals surface area contributed by atoms with E-state index in [1.807, 2.05) is 28.8 Å². The van der Waals surface area contributed by atoms with E-state index < -0.39 is 0 Å². The van der Waals surface area contributed by atoms with Gasteiger partial charge in [-0.1, -0.05) is 18.6 Å². The molecule has 0 spiro atoms. The molecule has 0 unspecified atom stereocenters. The molecule has 1 N–H and O–H groups in total. The first kappa shape index (κ1) is 14.0. The number of nitrogens with zero attached hydrogens (tertiary/aromatic N) is 1. The molecule has 2 aliphatic rings. The summed E-state index contributed by atoms with van der Waals surface area (Å²) < 4.78 is 0.